The normalized spacial score (nSPS) is 10.3. The summed E-state index contributed by atoms with van der Waals surface area (Å²) in [5.74, 6) is 0.345. The monoisotopic (exact) mass is 389 g/mol. The second kappa shape index (κ2) is 9.45. The quantitative estimate of drug-likeness (QED) is 0.659. The van der Waals surface area contributed by atoms with Crippen LogP contribution in [0.1, 0.15) is 24.3 Å². The lowest BCUT2D eigenvalue weighted by molar-refractivity contribution is 0.0767. The van der Waals surface area contributed by atoms with Crippen LogP contribution in [0.4, 0.5) is 16.2 Å². The molecule has 7 heteroatoms. The number of para-hydroxylation sites is 1. The molecule has 3 rings (SSSR count). The first kappa shape index (κ1) is 20.0. The molecule has 0 aliphatic carbocycles. The Morgan fingerprint density at radius 2 is 1.48 bits per heavy atom. The predicted octanol–water partition coefficient (Wildman–Crippen LogP) is 4.27. The molecule has 2 aromatic carbocycles. The van der Waals surface area contributed by atoms with Crippen LogP contribution in [0, 0.1) is 0 Å². The van der Waals surface area contributed by atoms with Gasteiger partial charge in [-0.05, 0) is 56.3 Å². The third kappa shape index (κ3) is 5.16. The van der Waals surface area contributed by atoms with E-state index in [1.54, 1.807) is 41.4 Å². The van der Waals surface area contributed by atoms with Crippen molar-refractivity contribution in [2.75, 3.05) is 23.7 Å². The molecule has 0 unspecified atom stereocenters. The van der Waals surface area contributed by atoms with E-state index in [9.17, 15) is 9.59 Å². The summed E-state index contributed by atoms with van der Waals surface area (Å²) >= 11 is 0. The Morgan fingerprint density at radius 3 is 2.10 bits per heavy atom. The minimum Gasteiger partial charge on any atom is -0.338 e. The highest BCUT2D eigenvalue weighted by Gasteiger charge is 2.15. The molecule has 3 amide bonds. The number of hydrogen-bond acceptors (Lipinski definition) is 4. The van der Waals surface area contributed by atoms with E-state index < -0.39 is 0 Å². The van der Waals surface area contributed by atoms with Crippen molar-refractivity contribution in [3.63, 3.8) is 0 Å². The van der Waals surface area contributed by atoms with Crippen molar-refractivity contribution in [1.29, 1.82) is 0 Å². The lowest BCUT2D eigenvalue weighted by Gasteiger charge is -2.18. The fourth-order valence-corrected chi connectivity index (χ4v) is 2.81. The second-order valence-corrected chi connectivity index (χ2v) is 6.27. The molecule has 7 nitrogen and oxygen atoms in total. The second-order valence-electron chi connectivity index (χ2n) is 6.27. The zero-order valence-corrected chi connectivity index (χ0v) is 16.4. The van der Waals surface area contributed by atoms with E-state index in [1.165, 1.54) is 0 Å². The van der Waals surface area contributed by atoms with Gasteiger partial charge in [-0.2, -0.15) is 0 Å². The first-order valence-corrected chi connectivity index (χ1v) is 9.46. The number of hydrogen-bond donors (Lipinski definition) is 2. The van der Waals surface area contributed by atoms with Gasteiger partial charge in [-0.3, -0.25) is 4.79 Å². The maximum absolute atomic E-state index is 12.5. The topological polar surface area (TPSA) is 87.2 Å². The van der Waals surface area contributed by atoms with Crippen LogP contribution in [0.2, 0.25) is 0 Å². The average molecular weight is 389 g/mol. The first-order chi connectivity index (χ1) is 14.1. The molecule has 0 bridgehead atoms. The molecule has 0 saturated heterocycles. The van der Waals surface area contributed by atoms with Crippen molar-refractivity contribution in [2.45, 2.75) is 13.8 Å². The molecular weight excluding hydrogens is 366 g/mol. The minimum absolute atomic E-state index is 0.116. The van der Waals surface area contributed by atoms with E-state index in [1.807, 2.05) is 44.2 Å². The Labute approximate surface area is 169 Å². The molecule has 0 atom stereocenters. The van der Waals surface area contributed by atoms with Crippen molar-refractivity contribution in [3.05, 3.63) is 72.6 Å². The summed E-state index contributed by atoms with van der Waals surface area (Å²) in [7, 11) is 0. The SMILES string of the molecule is CCN(CC)C(=O)c1ccnc(-c2ccc(NC(=O)Nc3ccccc3)cc2)n1. The van der Waals surface area contributed by atoms with Crippen molar-refractivity contribution < 1.29 is 9.59 Å². The largest absolute Gasteiger partial charge is 0.338 e. The Morgan fingerprint density at radius 1 is 0.862 bits per heavy atom. The summed E-state index contributed by atoms with van der Waals surface area (Å²) in [6.45, 7) is 5.12. The smallest absolute Gasteiger partial charge is 0.323 e. The van der Waals surface area contributed by atoms with Crippen molar-refractivity contribution in [3.8, 4) is 11.4 Å². The molecule has 29 heavy (non-hydrogen) atoms. The van der Waals surface area contributed by atoms with Crippen LogP contribution < -0.4 is 10.6 Å². The van der Waals surface area contributed by atoms with E-state index in [0.717, 1.165) is 5.56 Å². The van der Waals surface area contributed by atoms with Gasteiger partial charge >= 0.3 is 6.03 Å². The van der Waals surface area contributed by atoms with Gasteiger partial charge in [-0.15, -0.1) is 0 Å². The van der Waals surface area contributed by atoms with E-state index in [2.05, 4.69) is 20.6 Å². The van der Waals surface area contributed by atoms with Gasteiger partial charge in [0.1, 0.15) is 5.69 Å². The molecule has 0 saturated carbocycles. The minimum atomic E-state index is -0.327. The highest BCUT2D eigenvalue weighted by molar-refractivity contribution is 5.99. The van der Waals surface area contributed by atoms with Crippen molar-refractivity contribution in [1.82, 2.24) is 14.9 Å². The van der Waals surface area contributed by atoms with Gasteiger partial charge < -0.3 is 15.5 Å². The zero-order chi connectivity index (χ0) is 20.6. The lowest BCUT2D eigenvalue weighted by atomic mass is 10.2. The van der Waals surface area contributed by atoms with Crippen LogP contribution in [0.15, 0.2) is 66.9 Å². The lowest BCUT2D eigenvalue weighted by Crippen LogP contribution is -2.31. The third-order valence-corrected chi connectivity index (χ3v) is 4.36. The fourth-order valence-electron chi connectivity index (χ4n) is 2.81. The number of amides is 3. The standard InChI is InChI=1S/C22H23N5O2/c1-3-27(4-2)21(28)19-14-15-23-20(26-19)16-10-12-18(13-11-16)25-22(29)24-17-8-6-5-7-9-17/h5-15H,3-4H2,1-2H3,(H2,24,25,29). The van der Waals surface area contributed by atoms with Crippen LogP contribution in [0.3, 0.4) is 0 Å². The van der Waals surface area contributed by atoms with Crippen LogP contribution >= 0.6 is 0 Å². The number of rotatable bonds is 6. The molecule has 0 radical (unpaired) electrons. The summed E-state index contributed by atoms with van der Waals surface area (Å²) in [5, 5.41) is 5.54. The molecule has 1 aromatic heterocycles. The van der Waals surface area contributed by atoms with E-state index in [4.69, 9.17) is 0 Å². The summed E-state index contributed by atoms with van der Waals surface area (Å²) < 4.78 is 0. The van der Waals surface area contributed by atoms with E-state index in [-0.39, 0.29) is 11.9 Å². The van der Waals surface area contributed by atoms with E-state index in [0.29, 0.717) is 36.0 Å². The van der Waals surface area contributed by atoms with Crippen LogP contribution in [-0.4, -0.2) is 39.9 Å². The summed E-state index contributed by atoms with van der Waals surface area (Å²) in [6.07, 6.45) is 1.58. The Hall–Kier alpha value is -3.74. The highest BCUT2D eigenvalue weighted by Crippen LogP contribution is 2.19. The number of urea groups is 1. The third-order valence-electron chi connectivity index (χ3n) is 4.36. The number of anilines is 2. The number of carbonyl (C=O) groups excluding carboxylic acids is 2. The maximum Gasteiger partial charge on any atom is 0.323 e. The molecular formula is C22H23N5O2. The fraction of sp³-hybridized carbons (Fsp3) is 0.182. The number of carbonyl (C=O) groups is 2. The molecule has 0 fully saturated rings. The molecule has 2 N–H and O–H groups in total. The Balaban J connectivity index is 1.69. The summed E-state index contributed by atoms with van der Waals surface area (Å²) in [6, 6.07) is 17.6. The summed E-state index contributed by atoms with van der Waals surface area (Å²) in [5.41, 5.74) is 2.47. The van der Waals surface area contributed by atoms with Gasteiger partial charge in [0.15, 0.2) is 5.82 Å². The Bertz CT molecular complexity index is 970. The summed E-state index contributed by atoms with van der Waals surface area (Å²) in [4.78, 5) is 35.0. The van der Waals surface area contributed by atoms with Crippen molar-refractivity contribution in [2.24, 2.45) is 0 Å². The number of nitrogens with one attached hydrogen (secondary N) is 2. The molecule has 148 valence electrons. The average Bonchev–Trinajstić information content (AvgIpc) is 2.76. The Kier molecular flexibility index (Phi) is 6.52. The zero-order valence-electron chi connectivity index (χ0n) is 16.4. The highest BCUT2D eigenvalue weighted by atomic mass is 16.2. The van der Waals surface area contributed by atoms with Gasteiger partial charge in [0.25, 0.3) is 5.91 Å². The molecule has 0 aliphatic heterocycles. The number of nitrogens with zero attached hydrogens (tertiary/aromatic N) is 3. The first-order valence-electron chi connectivity index (χ1n) is 9.46. The van der Waals surface area contributed by atoms with Crippen LogP contribution in [0.5, 0.6) is 0 Å². The van der Waals surface area contributed by atoms with Gasteiger partial charge in [0.2, 0.25) is 0 Å². The molecule has 3 aromatic rings. The van der Waals surface area contributed by atoms with Crippen LogP contribution in [0.25, 0.3) is 11.4 Å². The maximum atomic E-state index is 12.5. The van der Waals surface area contributed by atoms with Gasteiger partial charge in [-0.25, -0.2) is 14.8 Å². The van der Waals surface area contributed by atoms with Gasteiger partial charge in [0.05, 0.1) is 0 Å². The molecule has 1 heterocycles. The molecule has 0 spiro atoms. The van der Waals surface area contributed by atoms with Gasteiger partial charge in [-0.1, -0.05) is 18.2 Å². The van der Waals surface area contributed by atoms with Crippen molar-refractivity contribution >= 4 is 23.3 Å². The molecule has 0 aliphatic rings. The number of benzene rings is 2. The van der Waals surface area contributed by atoms with Gasteiger partial charge in [0, 0.05) is 36.2 Å². The number of aromatic nitrogens is 2. The van der Waals surface area contributed by atoms with E-state index >= 15 is 0 Å². The van der Waals surface area contributed by atoms with Crippen LogP contribution in [-0.2, 0) is 0 Å². The predicted molar refractivity (Wildman–Crippen MR) is 114 cm³/mol.